The van der Waals surface area contributed by atoms with Crippen LogP contribution in [0.2, 0.25) is 0 Å². The van der Waals surface area contributed by atoms with Crippen molar-refractivity contribution in [2.45, 2.75) is 31.2 Å². The summed E-state index contributed by atoms with van der Waals surface area (Å²) in [6.07, 6.45) is -3.25. The highest BCUT2D eigenvalue weighted by Crippen LogP contribution is 2.32. The van der Waals surface area contributed by atoms with E-state index in [-0.39, 0.29) is 17.8 Å². The summed E-state index contributed by atoms with van der Waals surface area (Å²) in [4.78, 5) is 1.90. The number of nitrogens with two attached hydrogens (primary N) is 1. The van der Waals surface area contributed by atoms with Gasteiger partial charge < -0.3 is 10.6 Å². The number of nitrogens with zero attached hydrogens (tertiary/aromatic N) is 1. The molecule has 1 heterocycles. The molecule has 1 atom stereocenters. The van der Waals surface area contributed by atoms with Crippen molar-refractivity contribution < 1.29 is 13.2 Å². The summed E-state index contributed by atoms with van der Waals surface area (Å²) in [5, 5.41) is 0. The fourth-order valence-electron chi connectivity index (χ4n) is 1.87. The van der Waals surface area contributed by atoms with Crippen molar-refractivity contribution >= 4 is 11.8 Å². The van der Waals surface area contributed by atoms with Crippen LogP contribution in [0, 0.1) is 5.92 Å². The van der Waals surface area contributed by atoms with E-state index in [2.05, 4.69) is 13.8 Å². The first-order chi connectivity index (χ1) is 7.74. The van der Waals surface area contributed by atoms with Crippen molar-refractivity contribution in [2.75, 3.05) is 31.9 Å². The fourth-order valence-corrected chi connectivity index (χ4v) is 3.01. The highest BCUT2D eigenvalue weighted by atomic mass is 32.2. The average molecular weight is 270 g/mol. The van der Waals surface area contributed by atoms with E-state index in [1.54, 1.807) is 0 Å². The van der Waals surface area contributed by atoms with Crippen molar-refractivity contribution in [3.63, 3.8) is 0 Å². The normalized spacial score (nSPS) is 24.4. The van der Waals surface area contributed by atoms with Crippen LogP contribution in [-0.2, 0) is 0 Å². The second kappa shape index (κ2) is 5.80. The Bertz CT molecular complexity index is 243. The Morgan fingerprint density at radius 1 is 1.35 bits per heavy atom. The van der Waals surface area contributed by atoms with Gasteiger partial charge in [-0.2, -0.15) is 24.9 Å². The standard InChI is InChI=1S/C11H21F3N2S/c1-10(2)3-4-16(5-6-17-10)8-9(7-15)11(12,13)14/h9H,3-8,15H2,1-2H3. The summed E-state index contributed by atoms with van der Waals surface area (Å²) < 4.78 is 38.0. The molecule has 1 aliphatic heterocycles. The van der Waals surface area contributed by atoms with Gasteiger partial charge in [0.25, 0.3) is 0 Å². The van der Waals surface area contributed by atoms with Crippen molar-refractivity contribution in [3.8, 4) is 0 Å². The summed E-state index contributed by atoms with van der Waals surface area (Å²) in [6.45, 7) is 5.46. The maximum absolute atomic E-state index is 12.6. The van der Waals surface area contributed by atoms with E-state index < -0.39 is 12.1 Å². The number of rotatable bonds is 3. The molecular weight excluding hydrogens is 249 g/mol. The minimum absolute atomic E-state index is 0.0383. The average Bonchev–Trinajstić information content (AvgIpc) is 2.34. The lowest BCUT2D eigenvalue weighted by molar-refractivity contribution is -0.176. The largest absolute Gasteiger partial charge is 0.394 e. The van der Waals surface area contributed by atoms with E-state index in [9.17, 15) is 13.2 Å². The molecule has 0 aromatic heterocycles. The molecule has 6 heteroatoms. The van der Waals surface area contributed by atoms with E-state index in [4.69, 9.17) is 5.73 Å². The molecule has 1 unspecified atom stereocenters. The van der Waals surface area contributed by atoms with Gasteiger partial charge in [-0.15, -0.1) is 0 Å². The Morgan fingerprint density at radius 2 is 2.00 bits per heavy atom. The van der Waals surface area contributed by atoms with Gasteiger partial charge in [-0.05, 0) is 13.0 Å². The van der Waals surface area contributed by atoms with E-state index in [0.29, 0.717) is 0 Å². The number of hydrogen-bond acceptors (Lipinski definition) is 3. The van der Waals surface area contributed by atoms with Gasteiger partial charge >= 0.3 is 6.18 Å². The fraction of sp³-hybridized carbons (Fsp3) is 1.00. The minimum atomic E-state index is -4.18. The third-order valence-electron chi connectivity index (χ3n) is 3.16. The van der Waals surface area contributed by atoms with Crippen molar-refractivity contribution in [3.05, 3.63) is 0 Å². The van der Waals surface area contributed by atoms with Crippen LogP contribution in [0.3, 0.4) is 0 Å². The topological polar surface area (TPSA) is 29.3 Å². The first-order valence-corrected chi connectivity index (χ1v) is 6.86. The summed E-state index contributed by atoms with van der Waals surface area (Å²) in [7, 11) is 0. The van der Waals surface area contributed by atoms with Gasteiger partial charge in [0.1, 0.15) is 0 Å². The van der Waals surface area contributed by atoms with Gasteiger partial charge in [-0.25, -0.2) is 0 Å². The van der Waals surface area contributed by atoms with Crippen LogP contribution in [0.15, 0.2) is 0 Å². The van der Waals surface area contributed by atoms with Gasteiger partial charge in [-0.1, -0.05) is 13.8 Å². The monoisotopic (exact) mass is 270 g/mol. The van der Waals surface area contributed by atoms with Crippen LogP contribution in [0.1, 0.15) is 20.3 Å². The third kappa shape index (κ3) is 5.06. The quantitative estimate of drug-likeness (QED) is 0.853. The molecule has 17 heavy (non-hydrogen) atoms. The molecular formula is C11H21F3N2S. The van der Waals surface area contributed by atoms with Crippen LogP contribution in [0.25, 0.3) is 0 Å². The van der Waals surface area contributed by atoms with Gasteiger partial charge in [0.05, 0.1) is 5.92 Å². The molecule has 0 saturated carbocycles. The molecule has 1 fully saturated rings. The van der Waals surface area contributed by atoms with Gasteiger partial charge in [0, 0.05) is 30.1 Å². The SMILES string of the molecule is CC1(C)CCN(CC(CN)C(F)(F)F)CCS1. The van der Waals surface area contributed by atoms with Crippen molar-refractivity contribution in [1.82, 2.24) is 4.90 Å². The lowest BCUT2D eigenvalue weighted by Gasteiger charge is -2.27. The van der Waals surface area contributed by atoms with Crippen LogP contribution in [0.5, 0.6) is 0 Å². The molecule has 2 nitrogen and oxygen atoms in total. The molecule has 1 saturated heterocycles. The second-order valence-electron chi connectivity index (χ2n) is 5.13. The molecule has 0 amide bonds. The molecule has 0 aromatic carbocycles. The lowest BCUT2D eigenvalue weighted by atomic mass is 10.1. The molecule has 0 aromatic rings. The van der Waals surface area contributed by atoms with Gasteiger partial charge in [0.2, 0.25) is 0 Å². The molecule has 1 aliphatic rings. The van der Waals surface area contributed by atoms with Crippen LogP contribution in [0.4, 0.5) is 13.2 Å². The molecule has 2 N–H and O–H groups in total. The Hall–Kier alpha value is 0.0600. The number of halogens is 3. The van der Waals surface area contributed by atoms with E-state index in [1.165, 1.54) is 0 Å². The zero-order valence-corrected chi connectivity index (χ0v) is 11.2. The number of alkyl halides is 3. The molecule has 0 radical (unpaired) electrons. The van der Waals surface area contributed by atoms with Crippen molar-refractivity contribution in [1.29, 1.82) is 0 Å². The van der Waals surface area contributed by atoms with Crippen LogP contribution in [-0.4, -0.2) is 47.8 Å². The summed E-state index contributed by atoms with van der Waals surface area (Å²) in [5.41, 5.74) is 5.22. The van der Waals surface area contributed by atoms with Gasteiger partial charge in [0.15, 0.2) is 0 Å². The van der Waals surface area contributed by atoms with E-state index in [0.717, 1.165) is 25.3 Å². The molecule has 0 bridgehead atoms. The number of thioether (sulfide) groups is 1. The predicted molar refractivity (Wildman–Crippen MR) is 66.2 cm³/mol. The first-order valence-electron chi connectivity index (χ1n) is 5.88. The zero-order valence-electron chi connectivity index (χ0n) is 10.4. The number of hydrogen-bond donors (Lipinski definition) is 1. The summed E-state index contributed by atoms with van der Waals surface area (Å²) >= 11 is 1.83. The van der Waals surface area contributed by atoms with Crippen LogP contribution >= 0.6 is 11.8 Å². The molecule has 102 valence electrons. The molecule has 0 aliphatic carbocycles. The highest BCUT2D eigenvalue weighted by molar-refractivity contribution is 8.00. The Balaban J connectivity index is 2.51. The van der Waals surface area contributed by atoms with E-state index in [1.807, 2.05) is 16.7 Å². The second-order valence-corrected chi connectivity index (χ2v) is 6.94. The van der Waals surface area contributed by atoms with E-state index >= 15 is 0 Å². The first kappa shape index (κ1) is 15.1. The molecule has 1 rings (SSSR count). The van der Waals surface area contributed by atoms with Gasteiger partial charge in [-0.3, -0.25) is 0 Å². The van der Waals surface area contributed by atoms with Crippen LogP contribution < -0.4 is 5.73 Å². The zero-order chi connectivity index (χ0) is 13.1. The highest BCUT2D eigenvalue weighted by Gasteiger charge is 2.39. The van der Waals surface area contributed by atoms with Crippen molar-refractivity contribution in [2.24, 2.45) is 11.7 Å². The Labute approximate surface area is 105 Å². The Kier molecular flexibility index (Phi) is 5.16. The Morgan fingerprint density at radius 3 is 2.53 bits per heavy atom. The summed E-state index contributed by atoms with van der Waals surface area (Å²) in [6, 6.07) is 0. The smallest absolute Gasteiger partial charge is 0.330 e. The maximum Gasteiger partial charge on any atom is 0.394 e. The predicted octanol–water partition coefficient (Wildman–Crippen LogP) is 2.34. The summed E-state index contributed by atoms with van der Waals surface area (Å²) in [5.74, 6) is -0.504. The lowest BCUT2D eigenvalue weighted by Crippen LogP contribution is -2.41. The third-order valence-corrected chi connectivity index (χ3v) is 4.53. The maximum atomic E-state index is 12.6. The minimum Gasteiger partial charge on any atom is -0.330 e. The molecule has 0 spiro atoms.